The van der Waals surface area contributed by atoms with E-state index in [0.29, 0.717) is 32.1 Å². The molecule has 5 aromatic rings. The summed E-state index contributed by atoms with van der Waals surface area (Å²) in [6.07, 6.45) is 3.60. The summed E-state index contributed by atoms with van der Waals surface area (Å²) in [7, 11) is 0. The maximum absolute atomic E-state index is 14.1. The van der Waals surface area contributed by atoms with Crippen molar-refractivity contribution < 1.29 is 23.8 Å². The van der Waals surface area contributed by atoms with E-state index >= 15 is 0 Å². The molecule has 3 heterocycles. The van der Waals surface area contributed by atoms with Crippen LogP contribution in [0, 0.1) is 0 Å². The fourth-order valence-corrected chi connectivity index (χ4v) is 6.69. The summed E-state index contributed by atoms with van der Waals surface area (Å²) in [5, 5.41) is 9.57. The standard InChI is InChI=1S/C34H25ClN2O6S2/c1-3-42-33(41)28-29(19-7-5-4-6-8-19)36-34-37(30(28)20-9-13-23(44-2)14-10-20)31(38)27(45-34)18-22-12-16-26(43-22)21-11-15-25(35)24(17-21)32(39)40/h4-18,30H,3H2,1-2H3,(H,39,40)/b27-18+/t30-/m1/s1. The van der Waals surface area contributed by atoms with E-state index in [2.05, 4.69) is 0 Å². The van der Waals surface area contributed by atoms with Gasteiger partial charge in [-0.2, -0.15) is 0 Å². The number of rotatable bonds is 8. The number of esters is 1. The van der Waals surface area contributed by atoms with Crippen molar-refractivity contribution in [2.45, 2.75) is 17.9 Å². The number of carbonyl (C=O) groups excluding carboxylic acids is 1. The predicted octanol–water partition coefficient (Wildman–Crippen LogP) is 6.27. The van der Waals surface area contributed by atoms with Crippen molar-refractivity contribution in [3.05, 3.63) is 138 Å². The SMILES string of the molecule is CCOC(=O)C1=C(c2ccccc2)N=c2s/c(=C/c3ccc(-c4ccc(Cl)c(C(=O)O)c4)o3)c(=O)n2[C@@H]1c1ccc(SC)cc1. The molecule has 8 nitrogen and oxygen atoms in total. The molecule has 1 aliphatic heterocycles. The first kappa shape index (κ1) is 30.4. The molecule has 0 saturated carbocycles. The number of hydrogen-bond acceptors (Lipinski definition) is 8. The highest BCUT2D eigenvalue weighted by Crippen LogP contribution is 2.36. The van der Waals surface area contributed by atoms with Gasteiger partial charge in [0.15, 0.2) is 4.80 Å². The molecule has 0 aliphatic carbocycles. The molecule has 1 atom stereocenters. The van der Waals surface area contributed by atoms with Gasteiger partial charge in [0.25, 0.3) is 5.56 Å². The number of carbonyl (C=O) groups is 2. The lowest BCUT2D eigenvalue weighted by molar-refractivity contribution is -0.138. The van der Waals surface area contributed by atoms with Crippen LogP contribution in [-0.4, -0.2) is 34.5 Å². The van der Waals surface area contributed by atoms with Gasteiger partial charge in [0.2, 0.25) is 0 Å². The van der Waals surface area contributed by atoms with Crippen LogP contribution < -0.4 is 14.9 Å². The van der Waals surface area contributed by atoms with Crippen LogP contribution in [0.25, 0.3) is 23.1 Å². The second-order valence-electron chi connectivity index (χ2n) is 9.91. The summed E-state index contributed by atoms with van der Waals surface area (Å²) in [5.41, 5.74) is 2.32. The topological polar surface area (TPSA) is 111 Å². The minimum Gasteiger partial charge on any atom is -0.478 e. The Labute approximate surface area is 270 Å². The first-order valence-electron chi connectivity index (χ1n) is 13.8. The maximum Gasteiger partial charge on any atom is 0.338 e. The van der Waals surface area contributed by atoms with Gasteiger partial charge >= 0.3 is 11.9 Å². The highest BCUT2D eigenvalue weighted by Gasteiger charge is 2.35. The average molecular weight is 657 g/mol. The van der Waals surface area contributed by atoms with Crippen LogP contribution in [-0.2, 0) is 9.53 Å². The number of thiazole rings is 1. The Morgan fingerprint density at radius 2 is 1.82 bits per heavy atom. The highest BCUT2D eigenvalue weighted by molar-refractivity contribution is 7.98. The molecule has 1 N–H and O–H groups in total. The smallest absolute Gasteiger partial charge is 0.338 e. The molecular formula is C34H25ClN2O6S2. The molecule has 0 spiro atoms. The second kappa shape index (κ2) is 12.8. The number of carboxylic acids is 1. The summed E-state index contributed by atoms with van der Waals surface area (Å²) in [4.78, 5) is 45.6. The molecular weight excluding hydrogens is 632 g/mol. The van der Waals surface area contributed by atoms with Gasteiger partial charge in [-0.3, -0.25) is 9.36 Å². The first-order chi connectivity index (χ1) is 21.8. The van der Waals surface area contributed by atoms with E-state index in [1.807, 2.05) is 60.9 Å². The number of thioether (sulfide) groups is 1. The van der Waals surface area contributed by atoms with E-state index in [-0.39, 0.29) is 28.3 Å². The zero-order valence-electron chi connectivity index (χ0n) is 24.0. The van der Waals surface area contributed by atoms with Crippen LogP contribution >= 0.6 is 34.7 Å². The number of aromatic carboxylic acids is 1. The van der Waals surface area contributed by atoms with Crippen LogP contribution in [0.4, 0.5) is 0 Å². The number of carboxylic acid groups (broad SMARTS) is 1. The second-order valence-corrected chi connectivity index (χ2v) is 12.2. The van der Waals surface area contributed by atoms with E-state index in [1.165, 1.54) is 28.0 Å². The summed E-state index contributed by atoms with van der Waals surface area (Å²) >= 11 is 8.81. The number of fused-ring (bicyclic) bond motifs is 1. The van der Waals surface area contributed by atoms with E-state index < -0.39 is 18.0 Å². The Bertz CT molecular complexity index is 2150. The molecule has 3 aromatic carbocycles. The lowest BCUT2D eigenvalue weighted by Crippen LogP contribution is -2.40. The van der Waals surface area contributed by atoms with E-state index in [9.17, 15) is 19.5 Å². The van der Waals surface area contributed by atoms with E-state index in [4.69, 9.17) is 25.7 Å². The molecule has 226 valence electrons. The number of nitrogens with zero attached hydrogens (tertiary/aromatic N) is 2. The number of benzene rings is 3. The van der Waals surface area contributed by atoms with Gasteiger partial charge in [0, 0.05) is 22.1 Å². The minimum atomic E-state index is -1.15. The Morgan fingerprint density at radius 3 is 2.51 bits per heavy atom. The quantitative estimate of drug-likeness (QED) is 0.155. The molecule has 1 aliphatic rings. The van der Waals surface area contributed by atoms with Crippen LogP contribution in [0.1, 0.15) is 40.2 Å². The molecule has 0 fully saturated rings. The van der Waals surface area contributed by atoms with Crippen molar-refractivity contribution in [3.8, 4) is 11.3 Å². The Balaban J connectivity index is 1.53. The zero-order valence-corrected chi connectivity index (χ0v) is 26.4. The van der Waals surface area contributed by atoms with Crippen molar-refractivity contribution in [2.75, 3.05) is 12.9 Å². The normalized spacial score (nSPS) is 14.6. The molecule has 0 radical (unpaired) electrons. The summed E-state index contributed by atoms with van der Waals surface area (Å²) < 4.78 is 13.4. The van der Waals surface area contributed by atoms with E-state index in [1.54, 1.807) is 43.0 Å². The highest BCUT2D eigenvalue weighted by atomic mass is 35.5. The summed E-state index contributed by atoms with van der Waals surface area (Å²) in [6, 6.07) is 24.3. The first-order valence-corrected chi connectivity index (χ1v) is 16.3. The molecule has 6 rings (SSSR count). The van der Waals surface area contributed by atoms with Gasteiger partial charge in [-0.1, -0.05) is 65.4 Å². The molecule has 11 heteroatoms. The third kappa shape index (κ3) is 5.92. The fourth-order valence-electron chi connectivity index (χ4n) is 5.10. The van der Waals surface area contributed by atoms with Crippen molar-refractivity contribution in [1.82, 2.24) is 4.57 Å². The van der Waals surface area contributed by atoms with Gasteiger partial charge < -0.3 is 14.3 Å². The number of furan rings is 1. The number of halogens is 1. The Kier molecular flexibility index (Phi) is 8.62. The lowest BCUT2D eigenvalue weighted by Gasteiger charge is -2.26. The van der Waals surface area contributed by atoms with Gasteiger partial charge in [-0.05, 0) is 61.2 Å². The molecule has 0 amide bonds. The molecule has 45 heavy (non-hydrogen) atoms. The summed E-state index contributed by atoms with van der Waals surface area (Å²) in [6.45, 7) is 1.90. The van der Waals surface area contributed by atoms with E-state index in [0.717, 1.165) is 16.0 Å². The number of hydrogen-bond donors (Lipinski definition) is 1. The number of aromatic nitrogens is 1. The minimum absolute atomic E-state index is 0.0439. The molecule has 2 aromatic heterocycles. The maximum atomic E-state index is 14.1. The molecule has 0 bridgehead atoms. The molecule has 0 unspecified atom stereocenters. The Hall–Kier alpha value is -4.64. The van der Waals surface area contributed by atoms with Gasteiger partial charge in [0.05, 0.1) is 39.0 Å². The third-order valence-electron chi connectivity index (χ3n) is 7.19. The lowest BCUT2D eigenvalue weighted by atomic mass is 9.93. The van der Waals surface area contributed by atoms with Gasteiger partial charge in [-0.15, -0.1) is 11.8 Å². The van der Waals surface area contributed by atoms with Crippen LogP contribution in [0.5, 0.6) is 0 Å². The predicted molar refractivity (Wildman–Crippen MR) is 175 cm³/mol. The van der Waals surface area contributed by atoms with Crippen LogP contribution in [0.15, 0.2) is 110 Å². The van der Waals surface area contributed by atoms with Crippen LogP contribution in [0.2, 0.25) is 5.02 Å². The van der Waals surface area contributed by atoms with Crippen LogP contribution in [0.3, 0.4) is 0 Å². The van der Waals surface area contributed by atoms with Gasteiger partial charge in [-0.25, -0.2) is 14.6 Å². The average Bonchev–Trinajstić information content (AvgIpc) is 3.65. The van der Waals surface area contributed by atoms with Gasteiger partial charge in [0.1, 0.15) is 11.5 Å². The van der Waals surface area contributed by atoms with Crippen molar-refractivity contribution >= 4 is 58.4 Å². The third-order valence-corrected chi connectivity index (χ3v) is 9.24. The summed E-state index contributed by atoms with van der Waals surface area (Å²) in [5.74, 6) is -0.899. The fraction of sp³-hybridized carbons (Fsp3) is 0.118. The monoisotopic (exact) mass is 656 g/mol. The van der Waals surface area contributed by atoms with Crippen molar-refractivity contribution in [1.29, 1.82) is 0 Å². The largest absolute Gasteiger partial charge is 0.478 e. The van der Waals surface area contributed by atoms with Crippen molar-refractivity contribution in [3.63, 3.8) is 0 Å². The molecule has 0 saturated heterocycles. The Morgan fingerprint density at radius 1 is 1.07 bits per heavy atom. The van der Waals surface area contributed by atoms with Crippen molar-refractivity contribution in [2.24, 2.45) is 4.99 Å². The number of ether oxygens (including phenoxy) is 1. The zero-order chi connectivity index (χ0) is 31.7.